The predicted octanol–water partition coefficient (Wildman–Crippen LogP) is 1.65. The minimum absolute atomic E-state index is 0.00460. The van der Waals surface area contributed by atoms with Crippen molar-refractivity contribution in [2.75, 3.05) is 6.54 Å². The number of carbonyl (C=O) groups is 1. The van der Waals surface area contributed by atoms with Crippen molar-refractivity contribution in [3.05, 3.63) is 29.6 Å². The maximum atomic E-state index is 13.2. The number of nitriles is 1. The van der Waals surface area contributed by atoms with Crippen molar-refractivity contribution >= 4 is 5.91 Å². The van der Waals surface area contributed by atoms with Gasteiger partial charge in [-0.1, -0.05) is 18.1 Å². The topological polar surface area (TPSA) is 92.6 Å². The van der Waals surface area contributed by atoms with E-state index in [9.17, 15) is 10.1 Å². The number of fused-ring (bicyclic) bond motifs is 1. The average molecular weight is 353 g/mol. The lowest BCUT2D eigenvalue weighted by molar-refractivity contribution is -0.139. The second-order valence-corrected chi connectivity index (χ2v) is 7.35. The molecule has 0 atom stereocenters. The Balaban J connectivity index is 1.60. The molecule has 3 heterocycles. The fourth-order valence-electron chi connectivity index (χ4n) is 4.08. The van der Waals surface area contributed by atoms with E-state index in [1.807, 2.05) is 22.8 Å². The van der Waals surface area contributed by atoms with Gasteiger partial charge in [0.1, 0.15) is 5.41 Å². The van der Waals surface area contributed by atoms with Gasteiger partial charge in [-0.2, -0.15) is 5.26 Å². The van der Waals surface area contributed by atoms with Gasteiger partial charge in [-0.3, -0.25) is 4.79 Å². The van der Waals surface area contributed by atoms with Crippen LogP contribution in [0.5, 0.6) is 0 Å². The SMILES string of the molecule is Cc1cnnn1Cc1ncn2c1CN(C(=O)C1(C#N)CCCC1)CCC2. The van der Waals surface area contributed by atoms with Crippen LogP contribution in [0.25, 0.3) is 0 Å². The summed E-state index contributed by atoms with van der Waals surface area (Å²) >= 11 is 0. The second kappa shape index (κ2) is 6.56. The molecule has 1 aliphatic heterocycles. The second-order valence-electron chi connectivity index (χ2n) is 7.35. The lowest BCUT2D eigenvalue weighted by atomic mass is 9.86. The van der Waals surface area contributed by atoms with Crippen molar-refractivity contribution in [3.8, 4) is 6.07 Å². The largest absolute Gasteiger partial charge is 0.335 e. The summed E-state index contributed by atoms with van der Waals surface area (Å²) in [7, 11) is 0. The monoisotopic (exact) mass is 353 g/mol. The molecule has 4 rings (SSSR count). The Kier molecular flexibility index (Phi) is 4.23. The van der Waals surface area contributed by atoms with E-state index in [1.165, 1.54) is 0 Å². The maximum Gasteiger partial charge on any atom is 0.243 e. The molecule has 8 nitrogen and oxygen atoms in total. The first-order valence-corrected chi connectivity index (χ1v) is 9.21. The predicted molar refractivity (Wildman–Crippen MR) is 92.6 cm³/mol. The zero-order chi connectivity index (χ0) is 18.1. The summed E-state index contributed by atoms with van der Waals surface area (Å²) in [4.78, 5) is 19.6. The zero-order valence-electron chi connectivity index (χ0n) is 15.1. The first-order valence-electron chi connectivity index (χ1n) is 9.21. The van der Waals surface area contributed by atoms with E-state index in [-0.39, 0.29) is 5.91 Å². The molecule has 0 aromatic carbocycles. The Morgan fingerprint density at radius 2 is 2.12 bits per heavy atom. The Morgan fingerprint density at radius 1 is 1.31 bits per heavy atom. The molecule has 8 heteroatoms. The van der Waals surface area contributed by atoms with Gasteiger partial charge in [-0.25, -0.2) is 9.67 Å². The van der Waals surface area contributed by atoms with Crippen LogP contribution in [-0.4, -0.2) is 41.9 Å². The molecule has 2 aromatic heterocycles. The molecule has 2 aromatic rings. The van der Waals surface area contributed by atoms with Crippen LogP contribution in [0.3, 0.4) is 0 Å². The quantitative estimate of drug-likeness (QED) is 0.836. The van der Waals surface area contributed by atoms with Crippen LogP contribution in [-0.2, 0) is 24.4 Å². The summed E-state index contributed by atoms with van der Waals surface area (Å²) in [5.41, 5.74) is 2.10. The van der Waals surface area contributed by atoms with Crippen molar-refractivity contribution in [1.29, 1.82) is 5.26 Å². The fourth-order valence-corrected chi connectivity index (χ4v) is 4.08. The fraction of sp³-hybridized carbons (Fsp3) is 0.611. The zero-order valence-corrected chi connectivity index (χ0v) is 15.1. The van der Waals surface area contributed by atoms with Gasteiger partial charge in [0.05, 0.1) is 48.8 Å². The molecule has 1 fully saturated rings. The standard InChI is InChI=1S/C18H23N7O/c1-14-9-21-22-25(14)10-15-16-11-23(7-4-8-24(16)13-20-15)17(26)18(12-19)5-2-3-6-18/h9,13H,2-8,10-11H2,1H3. The Bertz CT molecular complexity index is 853. The third-order valence-corrected chi connectivity index (χ3v) is 5.68. The lowest BCUT2D eigenvalue weighted by Crippen LogP contribution is -2.42. The molecule has 136 valence electrons. The minimum atomic E-state index is -0.822. The number of hydrogen-bond acceptors (Lipinski definition) is 5. The van der Waals surface area contributed by atoms with E-state index in [0.717, 1.165) is 42.9 Å². The third kappa shape index (κ3) is 2.77. The molecule has 2 aliphatic rings. The number of rotatable bonds is 3. The molecule has 1 amide bonds. The molecule has 0 radical (unpaired) electrons. The van der Waals surface area contributed by atoms with Crippen molar-refractivity contribution < 1.29 is 4.79 Å². The van der Waals surface area contributed by atoms with Crippen LogP contribution in [0.1, 0.15) is 49.2 Å². The van der Waals surface area contributed by atoms with Gasteiger partial charge < -0.3 is 9.47 Å². The van der Waals surface area contributed by atoms with Gasteiger partial charge in [0.2, 0.25) is 5.91 Å². The third-order valence-electron chi connectivity index (χ3n) is 5.68. The highest BCUT2D eigenvalue weighted by Crippen LogP contribution is 2.39. The molecule has 0 unspecified atom stereocenters. The summed E-state index contributed by atoms with van der Waals surface area (Å²) in [6, 6.07) is 2.34. The number of aryl methyl sites for hydroxylation is 2. The van der Waals surface area contributed by atoms with Crippen molar-refractivity contribution in [2.24, 2.45) is 5.41 Å². The summed E-state index contributed by atoms with van der Waals surface area (Å²) in [5.74, 6) is -0.00460. The Labute approximate surface area is 152 Å². The molecule has 0 saturated heterocycles. The van der Waals surface area contributed by atoms with Crippen LogP contribution in [0.2, 0.25) is 0 Å². The maximum absolute atomic E-state index is 13.2. The first-order chi connectivity index (χ1) is 12.6. The highest BCUT2D eigenvalue weighted by atomic mass is 16.2. The number of imidazole rings is 1. The lowest BCUT2D eigenvalue weighted by Gasteiger charge is -2.28. The van der Waals surface area contributed by atoms with E-state index in [2.05, 4.69) is 25.9 Å². The number of amides is 1. The van der Waals surface area contributed by atoms with Gasteiger partial charge in [0.25, 0.3) is 0 Å². The van der Waals surface area contributed by atoms with Gasteiger partial charge in [-0.15, -0.1) is 5.10 Å². The highest BCUT2D eigenvalue weighted by Gasteiger charge is 2.44. The van der Waals surface area contributed by atoms with E-state index < -0.39 is 5.41 Å². The van der Waals surface area contributed by atoms with Crippen LogP contribution in [0.15, 0.2) is 12.5 Å². The number of aromatic nitrogens is 5. The minimum Gasteiger partial charge on any atom is -0.335 e. The molecule has 0 N–H and O–H groups in total. The van der Waals surface area contributed by atoms with Crippen LogP contribution in [0.4, 0.5) is 0 Å². The molecule has 1 saturated carbocycles. The van der Waals surface area contributed by atoms with Gasteiger partial charge in [0, 0.05) is 13.1 Å². The summed E-state index contributed by atoms with van der Waals surface area (Å²) < 4.78 is 3.94. The number of hydrogen-bond donors (Lipinski definition) is 0. The molecular formula is C18H23N7O. The Hall–Kier alpha value is -2.69. The van der Waals surface area contributed by atoms with Crippen LogP contribution >= 0.6 is 0 Å². The van der Waals surface area contributed by atoms with Gasteiger partial charge >= 0.3 is 0 Å². The smallest absolute Gasteiger partial charge is 0.243 e. The summed E-state index contributed by atoms with van der Waals surface area (Å²) in [6.45, 7) is 4.53. The van der Waals surface area contributed by atoms with E-state index >= 15 is 0 Å². The molecule has 26 heavy (non-hydrogen) atoms. The van der Waals surface area contributed by atoms with Crippen molar-refractivity contribution in [1.82, 2.24) is 29.4 Å². The van der Waals surface area contributed by atoms with Crippen molar-refractivity contribution in [3.63, 3.8) is 0 Å². The van der Waals surface area contributed by atoms with Crippen molar-refractivity contribution in [2.45, 2.75) is 58.7 Å². The molecule has 1 aliphatic carbocycles. The number of carbonyl (C=O) groups excluding carboxylic acids is 1. The van der Waals surface area contributed by atoms with E-state index in [4.69, 9.17) is 0 Å². The first kappa shape index (κ1) is 16.8. The van der Waals surface area contributed by atoms with E-state index in [0.29, 0.717) is 32.5 Å². The van der Waals surface area contributed by atoms with Crippen LogP contribution in [0, 0.1) is 23.7 Å². The molecule has 0 bridgehead atoms. The van der Waals surface area contributed by atoms with Gasteiger partial charge in [0.15, 0.2) is 0 Å². The molecule has 0 spiro atoms. The van der Waals surface area contributed by atoms with Gasteiger partial charge in [-0.05, 0) is 26.2 Å². The highest BCUT2D eigenvalue weighted by molar-refractivity contribution is 5.85. The normalized spacial score (nSPS) is 19.0. The van der Waals surface area contributed by atoms with E-state index in [1.54, 1.807) is 6.20 Å². The summed E-state index contributed by atoms with van der Waals surface area (Å²) in [5, 5.41) is 17.7. The Morgan fingerprint density at radius 3 is 2.81 bits per heavy atom. The average Bonchev–Trinajstić information content (AvgIpc) is 3.34. The van der Waals surface area contributed by atoms with Crippen LogP contribution < -0.4 is 0 Å². The summed E-state index contributed by atoms with van der Waals surface area (Å²) in [6.07, 6.45) is 7.73. The molecular weight excluding hydrogens is 330 g/mol. The number of nitrogens with zero attached hydrogens (tertiary/aromatic N) is 7.